The van der Waals surface area contributed by atoms with Crippen LogP contribution in [0.1, 0.15) is 17.3 Å². The summed E-state index contributed by atoms with van der Waals surface area (Å²) < 4.78 is 6.32. The van der Waals surface area contributed by atoms with Gasteiger partial charge in [0, 0.05) is 22.3 Å². The number of hydrogen-bond acceptors (Lipinski definition) is 4. The molecule has 7 aromatic rings. The molecule has 2 atom stereocenters. The van der Waals surface area contributed by atoms with Crippen molar-refractivity contribution in [2.75, 3.05) is 0 Å². The van der Waals surface area contributed by atoms with Gasteiger partial charge in [0.2, 0.25) is 0 Å². The van der Waals surface area contributed by atoms with Crippen molar-refractivity contribution in [1.29, 1.82) is 0 Å². The van der Waals surface area contributed by atoms with Crippen molar-refractivity contribution in [3.63, 3.8) is 0 Å². The Morgan fingerprint density at radius 2 is 1.02 bits per heavy atom. The minimum absolute atomic E-state index is 0.0150. The minimum Gasteiger partial charge on any atom is -0.485 e. The maximum absolute atomic E-state index is 6.32. The Bertz CT molecular complexity index is 2320. The SMILES string of the molecule is C1=CC2Oc3ccccc3C2C(c2nc(-c3ccc(-c4ccc5ccccc5c4)cc3)nc(-c3ccc4ccccc4c3)n2)=C1. The first kappa shape index (κ1) is 25.6. The monoisotopic (exact) mass is 577 g/mol. The molecule has 1 aliphatic heterocycles. The molecule has 1 aromatic heterocycles. The number of ether oxygens (including phenoxy) is 1. The molecule has 0 bridgehead atoms. The lowest BCUT2D eigenvalue weighted by Gasteiger charge is -2.22. The number of rotatable bonds is 4. The Hall–Kier alpha value is -5.87. The second kappa shape index (κ2) is 10.4. The normalized spacial score (nSPS) is 16.7. The highest BCUT2D eigenvalue weighted by Crippen LogP contribution is 2.47. The summed E-state index contributed by atoms with van der Waals surface area (Å²) in [6.07, 6.45) is 6.21. The lowest BCUT2D eigenvalue weighted by molar-refractivity contribution is 0.271. The second-order valence-corrected chi connectivity index (χ2v) is 11.6. The molecule has 0 saturated heterocycles. The van der Waals surface area contributed by atoms with E-state index in [1.54, 1.807) is 0 Å². The zero-order chi connectivity index (χ0) is 29.7. The second-order valence-electron chi connectivity index (χ2n) is 11.6. The van der Waals surface area contributed by atoms with Crippen LogP contribution in [0.5, 0.6) is 5.75 Å². The molecule has 212 valence electrons. The molecular formula is C41H27N3O. The predicted octanol–water partition coefficient (Wildman–Crippen LogP) is 9.68. The standard InChI is InChI=1S/C41H27N3O/c1-3-10-30-24-32(22-18-26(30)8-1)28-16-20-29(21-17-28)39-42-40(33-23-19-27-9-2-4-11-31(27)25-33)44-41(43-39)35-13-7-15-37-38(35)34-12-5-6-14-36(34)45-37/h1-25,37-38H. The van der Waals surface area contributed by atoms with Crippen LogP contribution in [-0.2, 0) is 0 Å². The largest absolute Gasteiger partial charge is 0.485 e. The van der Waals surface area contributed by atoms with Crippen LogP contribution < -0.4 is 4.74 Å². The number of para-hydroxylation sites is 1. The first-order valence-electron chi connectivity index (χ1n) is 15.3. The fourth-order valence-corrected chi connectivity index (χ4v) is 6.59. The summed E-state index contributed by atoms with van der Waals surface area (Å²) in [6, 6.07) is 46.6. The number of fused-ring (bicyclic) bond motifs is 5. The highest BCUT2D eigenvalue weighted by Gasteiger charge is 2.38. The van der Waals surface area contributed by atoms with Crippen molar-refractivity contribution in [2.24, 2.45) is 0 Å². The summed E-state index contributed by atoms with van der Waals surface area (Å²) >= 11 is 0. The lowest BCUT2D eigenvalue weighted by atomic mass is 9.84. The smallest absolute Gasteiger partial charge is 0.164 e. The molecule has 45 heavy (non-hydrogen) atoms. The van der Waals surface area contributed by atoms with E-state index in [1.807, 2.05) is 12.1 Å². The third-order valence-corrected chi connectivity index (χ3v) is 8.88. The summed E-state index contributed by atoms with van der Waals surface area (Å²) in [5.41, 5.74) is 6.42. The molecule has 4 nitrogen and oxygen atoms in total. The summed E-state index contributed by atoms with van der Waals surface area (Å²) in [4.78, 5) is 15.3. The van der Waals surface area contributed by atoms with E-state index in [2.05, 4.69) is 140 Å². The molecular weight excluding hydrogens is 550 g/mol. The number of hydrogen-bond donors (Lipinski definition) is 0. The van der Waals surface area contributed by atoms with Gasteiger partial charge in [-0.1, -0.05) is 127 Å². The highest BCUT2D eigenvalue weighted by atomic mass is 16.5. The molecule has 2 heterocycles. The van der Waals surface area contributed by atoms with Gasteiger partial charge in [0.15, 0.2) is 17.5 Å². The van der Waals surface area contributed by atoms with E-state index in [-0.39, 0.29) is 12.0 Å². The Kier molecular flexibility index (Phi) is 5.91. The van der Waals surface area contributed by atoms with Crippen LogP contribution in [-0.4, -0.2) is 21.1 Å². The molecule has 1 aliphatic carbocycles. The molecule has 0 amide bonds. The van der Waals surface area contributed by atoms with Gasteiger partial charge in [0.05, 0.1) is 5.92 Å². The zero-order valence-corrected chi connectivity index (χ0v) is 24.3. The molecule has 0 fully saturated rings. The summed E-state index contributed by atoms with van der Waals surface area (Å²) in [6.45, 7) is 0. The molecule has 2 aliphatic rings. The maximum atomic E-state index is 6.32. The van der Waals surface area contributed by atoms with E-state index < -0.39 is 0 Å². The fraction of sp³-hybridized carbons (Fsp3) is 0.0488. The van der Waals surface area contributed by atoms with E-state index in [0.717, 1.165) is 39.0 Å². The van der Waals surface area contributed by atoms with Gasteiger partial charge in [-0.05, 0) is 56.9 Å². The van der Waals surface area contributed by atoms with Gasteiger partial charge in [-0.2, -0.15) is 0 Å². The molecule has 0 radical (unpaired) electrons. The molecule has 9 rings (SSSR count). The Labute approximate surface area is 261 Å². The number of nitrogens with zero attached hydrogens (tertiary/aromatic N) is 3. The summed E-state index contributed by atoms with van der Waals surface area (Å²) in [7, 11) is 0. The van der Waals surface area contributed by atoms with E-state index in [4.69, 9.17) is 19.7 Å². The fourth-order valence-electron chi connectivity index (χ4n) is 6.59. The number of aromatic nitrogens is 3. The third kappa shape index (κ3) is 4.50. The van der Waals surface area contributed by atoms with Gasteiger partial charge in [0.25, 0.3) is 0 Å². The first-order valence-corrected chi connectivity index (χ1v) is 15.3. The van der Waals surface area contributed by atoms with Gasteiger partial charge < -0.3 is 4.74 Å². The average Bonchev–Trinajstić information content (AvgIpc) is 3.50. The van der Waals surface area contributed by atoms with Gasteiger partial charge in [-0.3, -0.25) is 0 Å². The maximum Gasteiger partial charge on any atom is 0.164 e. The van der Waals surface area contributed by atoms with E-state index in [9.17, 15) is 0 Å². The van der Waals surface area contributed by atoms with Crippen molar-refractivity contribution >= 4 is 27.1 Å². The molecule has 0 N–H and O–H groups in total. The van der Waals surface area contributed by atoms with Crippen LogP contribution in [0.4, 0.5) is 0 Å². The van der Waals surface area contributed by atoms with Crippen molar-refractivity contribution in [1.82, 2.24) is 15.0 Å². The highest BCUT2D eigenvalue weighted by molar-refractivity contribution is 5.88. The van der Waals surface area contributed by atoms with Crippen LogP contribution in [0, 0.1) is 0 Å². The van der Waals surface area contributed by atoms with E-state index >= 15 is 0 Å². The van der Waals surface area contributed by atoms with Crippen molar-refractivity contribution in [2.45, 2.75) is 12.0 Å². The Balaban J connectivity index is 1.17. The first-order chi connectivity index (χ1) is 22.3. The van der Waals surface area contributed by atoms with Gasteiger partial charge in [-0.25, -0.2) is 15.0 Å². The minimum atomic E-state index is -0.0898. The van der Waals surface area contributed by atoms with Crippen molar-refractivity contribution in [3.05, 3.63) is 163 Å². The van der Waals surface area contributed by atoms with Crippen molar-refractivity contribution in [3.8, 4) is 39.7 Å². The number of allylic oxidation sites excluding steroid dienone is 2. The molecule has 0 saturated carbocycles. The molecule has 2 unspecified atom stereocenters. The van der Waals surface area contributed by atoms with Crippen LogP contribution in [0.3, 0.4) is 0 Å². The average molecular weight is 578 g/mol. The van der Waals surface area contributed by atoms with Gasteiger partial charge >= 0.3 is 0 Å². The third-order valence-electron chi connectivity index (χ3n) is 8.88. The lowest BCUT2D eigenvalue weighted by Crippen LogP contribution is -2.20. The van der Waals surface area contributed by atoms with Crippen molar-refractivity contribution < 1.29 is 4.74 Å². The van der Waals surface area contributed by atoms with E-state index in [0.29, 0.717) is 17.5 Å². The predicted molar refractivity (Wildman–Crippen MR) is 182 cm³/mol. The Morgan fingerprint density at radius 1 is 0.467 bits per heavy atom. The zero-order valence-electron chi connectivity index (χ0n) is 24.3. The van der Waals surface area contributed by atoms with E-state index in [1.165, 1.54) is 21.7 Å². The van der Waals surface area contributed by atoms with Gasteiger partial charge in [-0.15, -0.1) is 0 Å². The topological polar surface area (TPSA) is 47.9 Å². The molecule has 4 heteroatoms. The molecule has 0 spiro atoms. The summed E-state index contributed by atoms with van der Waals surface area (Å²) in [5.74, 6) is 2.90. The quantitative estimate of drug-likeness (QED) is 0.209. The van der Waals surface area contributed by atoms with Gasteiger partial charge in [0.1, 0.15) is 11.9 Å². The van der Waals surface area contributed by atoms with Crippen LogP contribution >= 0.6 is 0 Å². The van der Waals surface area contributed by atoms with Crippen LogP contribution in [0.15, 0.2) is 152 Å². The Morgan fingerprint density at radius 3 is 1.78 bits per heavy atom. The number of benzene rings is 6. The van der Waals surface area contributed by atoms with Crippen LogP contribution in [0.25, 0.3) is 61.0 Å². The summed E-state index contributed by atoms with van der Waals surface area (Å²) in [5, 5.41) is 4.80. The van der Waals surface area contributed by atoms with Crippen LogP contribution in [0.2, 0.25) is 0 Å². The molecule has 6 aromatic carbocycles.